The maximum absolute atomic E-state index is 5.53. The number of para-hydroxylation sites is 2. The van der Waals surface area contributed by atoms with E-state index in [4.69, 9.17) is 9.15 Å². The van der Waals surface area contributed by atoms with Crippen LogP contribution in [0, 0.1) is 0 Å². The SMILES string of the molecule is CCCOCCCNc1nc2ccccc2o1. The van der Waals surface area contributed by atoms with E-state index in [0.717, 1.165) is 43.7 Å². The van der Waals surface area contributed by atoms with Crippen LogP contribution in [0.15, 0.2) is 28.7 Å². The molecule has 0 aliphatic carbocycles. The number of ether oxygens (including phenoxy) is 1. The predicted octanol–water partition coefficient (Wildman–Crippen LogP) is 3.06. The molecule has 1 heterocycles. The van der Waals surface area contributed by atoms with Crippen LogP contribution in [0.3, 0.4) is 0 Å². The van der Waals surface area contributed by atoms with Crippen LogP contribution in [-0.2, 0) is 4.74 Å². The number of hydrogen-bond donors (Lipinski definition) is 1. The van der Waals surface area contributed by atoms with Crippen molar-refractivity contribution in [2.75, 3.05) is 25.1 Å². The molecule has 0 amide bonds. The first kappa shape index (κ1) is 11.9. The van der Waals surface area contributed by atoms with Crippen molar-refractivity contribution in [2.24, 2.45) is 0 Å². The van der Waals surface area contributed by atoms with Crippen molar-refractivity contribution in [2.45, 2.75) is 19.8 Å². The highest BCUT2D eigenvalue weighted by Crippen LogP contribution is 2.17. The van der Waals surface area contributed by atoms with Gasteiger partial charge in [-0.15, -0.1) is 0 Å². The Morgan fingerprint density at radius 2 is 2.18 bits per heavy atom. The Morgan fingerprint density at radius 1 is 1.29 bits per heavy atom. The molecule has 92 valence electrons. The number of fused-ring (bicyclic) bond motifs is 1. The minimum atomic E-state index is 0.585. The molecule has 4 heteroatoms. The fraction of sp³-hybridized carbons (Fsp3) is 0.462. The Morgan fingerprint density at radius 3 is 3.00 bits per heavy atom. The van der Waals surface area contributed by atoms with Gasteiger partial charge in [-0.25, -0.2) is 0 Å². The number of nitrogens with zero attached hydrogens (tertiary/aromatic N) is 1. The number of nitrogens with one attached hydrogen (secondary N) is 1. The molecule has 0 bridgehead atoms. The summed E-state index contributed by atoms with van der Waals surface area (Å²) >= 11 is 0. The average molecular weight is 234 g/mol. The monoisotopic (exact) mass is 234 g/mol. The highest BCUT2D eigenvalue weighted by atomic mass is 16.5. The van der Waals surface area contributed by atoms with E-state index in [0.29, 0.717) is 6.01 Å². The van der Waals surface area contributed by atoms with Gasteiger partial charge in [0, 0.05) is 19.8 Å². The molecule has 0 aliphatic rings. The normalized spacial score (nSPS) is 10.9. The van der Waals surface area contributed by atoms with Gasteiger partial charge in [-0.05, 0) is 25.0 Å². The molecule has 0 spiro atoms. The zero-order valence-electron chi connectivity index (χ0n) is 10.1. The largest absolute Gasteiger partial charge is 0.424 e. The molecule has 0 saturated carbocycles. The van der Waals surface area contributed by atoms with Gasteiger partial charge < -0.3 is 14.5 Å². The quantitative estimate of drug-likeness (QED) is 0.748. The van der Waals surface area contributed by atoms with Gasteiger partial charge >= 0.3 is 0 Å². The van der Waals surface area contributed by atoms with Crippen LogP contribution >= 0.6 is 0 Å². The molecule has 1 N–H and O–H groups in total. The Bertz CT molecular complexity index is 420. The lowest BCUT2D eigenvalue weighted by molar-refractivity contribution is 0.134. The minimum Gasteiger partial charge on any atom is -0.424 e. The van der Waals surface area contributed by atoms with Gasteiger partial charge in [-0.1, -0.05) is 19.1 Å². The molecule has 0 aliphatic heterocycles. The van der Waals surface area contributed by atoms with Crippen LogP contribution in [0.4, 0.5) is 6.01 Å². The first-order valence-electron chi connectivity index (χ1n) is 6.07. The summed E-state index contributed by atoms with van der Waals surface area (Å²) in [6.07, 6.45) is 2.03. The van der Waals surface area contributed by atoms with Crippen LogP contribution in [0.1, 0.15) is 19.8 Å². The van der Waals surface area contributed by atoms with Gasteiger partial charge in [0.05, 0.1) is 0 Å². The van der Waals surface area contributed by atoms with E-state index in [1.165, 1.54) is 0 Å². The maximum Gasteiger partial charge on any atom is 0.295 e. The van der Waals surface area contributed by atoms with Gasteiger partial charge in [0.2, 0.25) is 0 Å². The van der Waals surface area contributed by atoms with E-state index in [1.54, 1.807) is 0 Å². The van der Waals surface area contributed by atoms with Crippen molar-refractivity contribution in [1.29, 1.82) is 0 Å². The number of oxazole rings is 1. The maximum atomic E-state index is 5.53. The topological polar surface area (TPSA) is 47.3 Å². The second-order valence-corrected chi connectivity index (χ2v) is 3.88. The summed E-state index contributed by atoms with van der Waals surface area (Å²) in [5.74, 6) is 0. The number of anilines is 1. The molecule has 0 radical (unpaired) electrons. The molecule has 0 atom stereocenters. The summed E-state index contributed by atoms with van der Waals surface area (Å²) < 4.78 is 10.9. The zero-order chi connectivity index (χ0) is 11.9. The van der Waals surface area contributed by atoms with E-state index in [9.17, 15) is 0 Å². The summed E-state index contributed by atoms with van der Waals surface area (Å²) in [4.78, 5) is 4.33. The first-order chi connectivity index (χ1) is 8.40. The molecule has 0 saturated heterocycles. The van der Waals surface area contributed by atoms with Gasteiger partial charge in [-0.3, -0.25) is 0 Å². The average Bonchev–Trinajstić information content (AvgIpc) is 2.76. The molecular formula is C13H18N2O2. The van der Waals surface area contributed by atoms with E-state index in [-0.39, 0.29) is 0 Å². The summed E-state index contributed by atoms with van der Waals surface area (Å²) in [7, 11) is 0. The second-order valence-electron chi connectivity index (χ2n) is 3.88. The third-order valence-electron chi connectivity index (χ3n) is 2.38. The van der Waals surface area contributed by atoms with Crippen molar-refractivity contribution in [3.8, 4) is 0 Å². The second kappa shape index (κ2) is 6.25. The molecule has 0 unspecified atom stereocenters. The third kappa shape index (κ3) is 3.46. The zero-order valence-corrected chi connectivity index (χ0v) is 10.1. The Hall–Kier alpha value is -1.55. The Labute approximate surface area is 101 Å². The molecule has 2 rings (SSSR count). The van der Waals surface area contributed by atoms with Gasteiger partial charge in [0.25, 0.3) is 6.01 Å². The standard InChI is InChI=1S/C13H18N2O2/c1-2-9-16-10-5-8-14-13-15-11-6-3-4-7-12(11)17-13/h3-4,6-7H,2,5,8-10H2,1H3,(H,14,15). The summed E-state index contributed by atoms with van der Waals surface area (Å²) in [6, 6.07) is 8.33. The van der Waals surface area contributed by atoms with Crippen LogP contribution < -0.4 is 5.32 Å². The number of benzene rings is 1. The molecule has 2 aromatic rings. The number of aromatic nitrogens is 1. The van der Waals surface area contributed by atoms with Crippen molar-refractivity contribution in [3.05, 3.63) is 24.3 Å². The summed E-state index contributed by atoms with van der Waals surface area (Å²) in [6.45, 7) is 4.54. The van der Waals surface area contributed by atoms with Gasteiger partial charge in [0.15, 0.2) is 5.58 Å². The Balaban J connectivity index is 1.75. The van der Waals surface area contributed by atoms with Crippen molar-refractivity contribution >= 4 is 17.1 Å². The van der Waals surface area contributed by atoms with Gasteiger partial charge in [-0.2, -0.15) is 4.98 Å². The molecule has 4 nitrogen and oxygen atoms in total. The fourth-order valence-corrected chi connectivity index (χ4v) is 1.56. The lowest BCUT2D eigenvalue weighted by Crippen LogP contribution is -2.06. The van der Waals surface area contributed by atoms with E-state index >= 15 is 0 Å². The molecule has 0 fully saturated rings. The fourth-order valence-electron chi connectivity index (χ4n) is 1.56. The van der Waals surface area contributed by atoms with Gasteiger partial charge in [0.1, 0.15) is 5.52 Å². The highest BCUT2D eigenvalue weighted by Gasteiger charge is 2.02. The first-order valence-corrected chi connectivity index (χ1v) is 6.07. The highest BCUT2D eigenvalue weighted by molar-refractivity contribution is 5.74. The minimum absolute atomic E-state index is 0.585. The van der Waals surface area contributed by atoms with Crippen LogP contribution in [-0.4, -0.2) is 24.7 Å². The van der Waals surface area contributed by atoms with E-state index < -0.39 is 0 Å². The van der Waals surface area contributed by atoms with E-state index in [2.05, 4.69) is 17.2 Å². The number of hydrogen-bond acceptors (Lipinski definition) is 4. The third-order valence-corrected chi connectivity index (χ3v) is 2.38. The predicted molar refractivity (Wildman–Crippen MR) is 68.2 cm³/mol. The molecular weight excluding hydrogens is 216 g/mol. The summed E-state index contributed by atoms with van der Waals surface area (Å²) in [5.41, 5.74) is 1.70. The van der Waals surface area contributed by atoms with E-state index in [1.807, 2.05) is 24.3 Å². The van der Waals surface area contributed by atoms with Crippen molar-refractivity contribution in [3.63, 3.8) is 0 Å². The lowest BCUT2D eigenvalue weighted by atomic mass is 10.3. The van der Waals surface area contributed by atoms with Crippen LogP contribution in [0.5, 0.6) is 0 Å². The molecule has 1 aromatic carbocycles. The molecule has 1 aromatic heterocycles. The molecule has 17 heavy (non-hydrogen) atoms. The van der Waals surface area contributed by atoms with Crippen molar-refractivity contribution in [1.82, 2.24) is 4.98 Å². The smallest absolute Gasteiger partial charge is 0.295 e. The van der Waals surface area contributed by atoms with Crippen molar-refractivity contribution < 1.29 is 9.15 Å². The van der Waals surface area contributed by atoms with Crippen LogP contribution in [0.2, 0.25) is 0 Å². The number of rotatable bonds is 7. The summed E-state index contributed by atoms with van der Waals surface area (Å²) in [5, 5.41) is 3.15. The Kier molecular flexibility index (Phi) is 4.38. The van der Waals surface area contributed by atoms with Crippen LogP contribution in [0.25, 0.3) is 11.1 Å². The lowest BCUT2D eigenvalue weighted by Gasteiger charge is -2.02.